The molecule has 23 heavy (non-hydrogen) atoms. The highest BCUT2D eigenvalue weighted by molar-refractivity contribution is 5.80. The lowest BCUT2D eigenvalue weighted by Crippen LogP contribution is -2.38. The number of methoxy groups -OCH3 is 1. The molecule has 0 saturated carbocycles. The normalized spacial score (nSPS) is 11.0. The summed E-state index contributed by atoms with van der Waals surface area (Å²) in [5.74, 6) is 1.39. The standard InChI is InChI=1S/C17H27N3O3/c1-5-18-17(19-12-11-16(21)22-4)20(3)13-14-7-9-15(10-8-14)23-6-2/h7-10H,5-6,11-13H2,1-4H3,(H,18,19). The molecule has 1 rings (SSSR count). The van der Waals surface area contributed by atoms with E-state index in [0.717, 1.165) is 30.4 Å². The van der Waals surface area contributed by atoms with Crippen LogP contribution in [0.25, 0.3) is 0 Å². The first-order valence-electron chi connectivity index (χ1n) is 7.88. The number of esters is 1. The molecule has 0 saturated heterocycles. The van der Waals surface area contributed by atoms with E-state index in [1.165, 1.54) is 7.11 Å². The van der Waals surface area contributed by atoms with Crippen LogP contribution in [-0.2, 0) is 16.1 Å². The Hall–Kier alpha value is -2.24. The lowest BCUT2D eigenvalue weighted by atomic mass is 10.2. The molecule has 1 N–H and O–H groups in total. The average Bonchev–Trinajstić information content (AvgIpc) is 2.55. The Balaban J connectivity index is 2.63. The van der Waals surface area contributed by atoms with E-state index >= 15 is 0 Å². The third-order valence-electron chi connectivity index (χ3n) is 3.16. The average molecular weight is 321 g/mol. The minimum Gasteiger partial charge on any atom is -0.494 e. The second kappa shape index (κ2) is 10.5. The number of guanidine groups is 1. The summed E-state index contributed by atoms with van der Waals surface area (Å²) in [6, 6.07) is 8.01. The molecule has 0 radical (unpaired) electrons. The van der Waals surface area contributed by atoms with E-state index in [1.807, 2.05) is 50.1 Å². The van der Waals surface area contributed by atoms with E-state index in [-0.39, 0.29) is 12.4 Å². The molecular weight excluding hydrogens is 294 g/mol. The van der Waals surface area contributed by atoms with Crippen molar-refractivity contribution in [2.24, 2.45) is 4.99 Å². The SMILES string of the molecule is CCNC(=NCCC(=O)OC)N(C)Cc1ccc(OCC)cc1. The van der Waals surface area contributed by atoms with Crippen LogP contribution in [0.4, 0.5) is 0 Å². The Kier molecular flexibility index (Phi) is 8.57. The van der Waals surface area contributed by atoms with E-state index in [0.29, 0.717) is 13.2 Å². The Morgan fingerprint density at radius 3 is 2.52 bits per heavy atom. The molecule has 0 heterocycles. The van der Waals surface area contributed by atoms with E-state index < -0.39 is 0 Å². The van der Waals surface area contributed by atoms with Gasteiger partial charge in [-0.1, -0.05) is 12.1 Å². The molecule has 0 aliphatic carbocycles. The summed E-state index contributed by atoms with van der Waals surface area (Å²) in [6.45, 7) is 6.54. The van der Waals surface area contributed by atoms with Crippen LogP contribution < -0.4 is 10.1 Å². The van der Waals surface area contributed by atoms with Gasteiger partial charge < -0.3 is 19.7 Å². The zero-order valence-electron chi connectivity index (χ0n) is 14.5. The lowest BCUT2D eigenvalue weighted by molar-refractivity contribution is -0.140. The van der Waals surface area contributed by atoms with Crippen LogP contribution in [0.15, 0.2) is 29.3 Å². The van der Waals surface area contributed by atoms with Gasteiger partial charge in [-0.2, -0.15) is 0 Å². The second-order valence-electron chi connectivity index (χ2n) is 4.99. The summed E-state index contributed by atoms with van der Waals surface area (Å²) in [7, 11) is 3.35. The number of benzene rings is 1. The van der Waals surface area contributed by atoms with Crippen molar-refractivity contribution in [1.29, 1.82) is 0 Å². The molecule has 6 nitrogen and oxygen atoms in total. The van der Waals surface area contributed by atoms with E-state index in [1.54, 1.807) is 0 Å². The van der Waals surface area contributed by atoms with Gasteiger partial charge in [-0.15, -0.1) is 0 Å². The Labute approximate surface area is 138 Å². The fraction of sp³-hybridized carbons (Fsp3) is 0.529. The predicted molar refractivity (Wildman–Crippen MR) is 91.7 cm³/mol. The van der Waals surface area contributed by atoms with E-state index in [4.69, 9.17) is 4.74 Å². The molecule has 0 aliphatic heterocycles. The van der Waals surface area contributed by atoms with Crippen LogP contribution in [0.5, 0.6) is 5.75 Å². The summed E-state index contributed by atoms with van der Waals surface area (Å²) in [5.41, 5.74) is 1.16. The molecule has 0 aromatic heterocycles. The number of aliphatic imine (C=N–C) groups is 1. The smallest absolute Gasteiger partial charge is 0.307 e. The molecule has 0 fully saturated rings. The molecule has 1 aromatic rings. The maximum absolute atomic E-state index is 11.2. The van der Waals surface area contributed by atoms with Gasteiger partial charge in [0, 0.05) is 20.1 Å². The van der Waals surface area contributed by atoms with Crippen molar-refractivity contribution in [2.75, 3.05) is 33.9 Å². The Morgan fingerprint density at radius 1 is 1.26 bits per heavy atom. The predicted octanol–water partition coefficient (Wildman–Crippen LogP) is 2.05. The third kappa shape index (κ3) is 7.04. The number of carbonyl (C=O) groups excluding carboxylic acids is 1. The first-order chi connectivity index (χ1) is 11.1. The number of rotatable bonds is 8. The molecular formula is C17H27N3O3. The van der Waals surface area contributed by atoms with Crippen LogP contribution in [0.2, 0.25) is 0 Å². The van der Waals surface area contributed by atoms with Crippen molar-refractivity contribution in [1.82, 2.24) is 10.2 Å². The molecule has 6 heteroatoms. The van der Waals surface area contributed by atoms with Crippen LogP contribution in [-0.4, -0.2) is 50.7 Å². The van der Waals surface area contributed by atoms with Gasteiger partial charge in [0.15, 0.2) is 5.96 Å². The maximum atomic E-state index is 11.2. The quantitative estimate of drug-likeness (QED) is 0.451. The molecule has 128 valence electrons. The fourth-order valence-corrected chi connectivity index (χ4v) is 2.03. The molecule has 0 bridgehead atoms. The molecule has 0 unspecified atom stereocenters. The zero-order chi connectivity index (χ0) is 17.1. The van der Waals surface area contributed by atoms with Crippen LogP contribution in [0.3, 0.4) is 0 Å². The maximum Gasteiger partial charge on any atom is 0.307 e. The summed E-state index contributed by atoms with van der Waals surface area (Å²) in [6.07, 6.45) is 0.280. The zero-order valence-corrected chi connectivity index (χ0v) is 14.5. The number of hydrogen-bond donors (Lipinski definition) is 1. The largest absolute Gasteiger partial charge is 0.494 e. The molecule has 0 atom stereocenters. The summed E-state index contributed by atoms with van der Waals surface area (Å²) < 4.78 is 10.1. The van der Waals surface area contributed by atoms with Crippen molar-refractivity contribution < 1.29 is 14.3 Å². The van der Waals surface area contributed by atoms with Gasteiger partial charge in [0.1, 0.15) is 5.75 Å². The van der Waals surface area contributed by atoms with Gasteiger partial charge in [0.25, 0.3) is 0 Å². The molecule has 0 amide bonds. The minimum atomic E-state index is -0.251. The highest BCUT2D eigenvalue weighted by Crippen LogP contribution is 2.13. The number of nitrogens with one attached hydrogen (secondary N) is 1. The van der Waals surface area contributed by atoms with Crippen molar-refractivity contribution in [2.45, 2.75) is 26.8 Å². The molecule has 0 aliphatic rings. The van der Waals surface area contributed by atoms with E-state index in [9.17, 15) is 4.79 Å². The first-order valence-corrected chi connectivity index (χ1v) is 7.88. The second-order valence-corrected chi connectivity index (χ2v) is 4.99. The van der Waals surface area contributed by atoms with Gasteiger partial charge in [-0.05, 0) is 31.5 Å². The van der Waals surface area contributed by atoms with Crippen molar-refractivity contribution in [3.05, 3.63) is 29.8 Å². The van der Waals surface area contributed by atoms with Gasteiger partial charge in [0.2, 0.25) is 0 Å². The van der Waals surface area contributed by atoms with Crippen LogP contribution >= 0.6 is 0 Å². The monoisotopic (exact) mass is 321 g/mol. The third-order valence-corrected chi connectivity index (χ3v) is 3.16. The number of hydrogen-bond acceptors (Lipinski definition) is 4. The number of ether oxygens (including phenoxy) is 2. The minimum absolute atomic E-state index is 0.251. The highest BCUT2D eigenvalue weighted by Gasteiger charge is 2.07. The summed E-state index contributed by atoms with van der Waals surface area (Å²) in [4.78, 5) is 17.6. The Bertz CT molecular complexity index is 500. The summed E-state index contributed by atoms with van der Waals surface area (Å²) in [5, 5.41) is 3.23. The van der Waals surface area contributed by atoms with E-state index in [2.05, 4.69) is 15.0 Å². The van der Waals surface area contributed by atoms with Gasteiger partial charge in [0.05, 0.1) is 26.7 Å². The molecule has 1 aromatic carbocycles. The number of carbonyl (C=O) groups is 1. The van der Waals surface area contributed by atoms with Crippen LogP contribution in [0.1, 0.15) is 25.8 Å². The van der Waals surface area contributed by atoms with Crippen molar-refractivity contribution >= 4 is 11.9 Å². The number of nitrogens with zero attached hydrogens (tertiary/aromatic N) is 2. The van der Waals surface area contributed by atoms with Gasteiger partial charge >= 0.3 is 5.97 Å². The Morgan fingerprint density at radius 2 is 1.96 bits per heavy atom. The lowest BCUT2D eigenvalue weighted by Gasteiger charge is -2.22. The van der Waals surface area contributed by atoms with Crippen molar-refractivity contribution in [3.63, 3.8) is 0 Å². The summed E-state index contributed by atoms with van der Waals surface area (Å²) >= 11 is 0. The van der Waals surface area contributed by atoms with Gasteiger partial charge in [-0.25, -0.2) is 0 Å². The first kappa shape index (κ1) is 18.8. The molecule has 0 spiro atoms. The van der Waals surface area contributed by atoms with Gasteiger partial charge in [-0.3, -0.25) is 9.79 Å². The topological polar surface area (TPSA) is 63.2 Å². The van der Waals surface area contributed by atoms with Crippen molar-refractivity contribution in [3.8, 4) is 5.75 Å². The van der Waals surface area contributed by atoms with Crippen LogP contribution in [0, 0.1) is 0 Å². The fourth-order valence-electron chi connectivity index (χ4n) is 2.03. The highest BCUT2D eigenvalue weighted by atomic mass is 16.5.